The van der Waals surface area contributed by atoms with Crippen LogP contribution in [0.15, 0.2) is 24.3 Å². The molecule has 0 bridgehead atoms. The van der Waals surface area contributed by atoms with E-state index in [1.165, 1.54) is 7.11 Å². The van der Waals surface area contributed by atoms with Crippen molar-refractivity contribution < 1.29 is 14.6 Å². The summed E-state index contributed by atoms with van der Waals surface area (Å²) in [6.45, 7) is 0. The van der Waals surface area contributed by atoms with Crippen molar-refractivity contribution >= 4 is 17.5 Å². The van der Waals surface area contributed by atoms with Gasteiger partial charge in [0.2, 0.25) is 0 Å². The van der Waals surface area contributed by atoms with Gasteiger partial charge in [-0.3, -0.25) is 5.32 Å². The van der Waals surface area contributed by atoms with E-state index < -0.39 is 6.09 Å². The Labute approximate surface area is 113 Å². The molecule has 0 atom stereocenters. The zero-order chi connectivity index (χ0) is 13.7. The molecular weight excluding hydrogens is 244 g/mol. The standard InChI is InChI=1S/C14H20N2O3/c1-19-14(18)16-12-4-2-10(3-5-12)15-11-6-8-13(17)9-7-11/h2-5,11,13,15,17H,6-9H2,1H3,(H,16,18). The molecule has 1 aliphatic rings. The minimum atomic E-state index is -0.470. The number of carbonyl (C=O) groups is 1. The number of aliphatic hydroxyl groups excluding tert-OH is 1. The second kappa shape index (κ2) is 6.43. The van der Waals surface area contributed by atoms with E-state index in [9.17, 15) is 9.90 Å². The van der Waals surface area contributed by atoms with Crippen LogP contribution in [-0.2, 0) is 4.74 Å². The van der Waals surface area contributed by atoms with Gasteiger partial charge in [-0.2, -0.15) is 0 Å². The lowest BCUT2D eigenvalue weighted by molar-refractivity contribution is 0.126. The van der Waals surface area contributed by atoms with Crippen molar-refractivity contribution in [2.45, 2.75) is 37.8 Å². The number of hydrogen-bond donors (Lipinski definition) is 3. The summed E-state index contributed by atoms with van der Waals surface area (Å²) in [5.74, 6) is 0. The number of hydrogen-bond acceptors (Lipinski definition) is 4. The summed E-state index contributed by atoms with van der Waals surface area (Å²) in [5.41, 5.74) is 1.73. The molecule has 19 heavy (non-hydrogen) atoms. The Morgan fingerprint density at radius 2 is 1.74 bits per heavy atom. The average molecular weight is 264 g/mol. The maximum absolute atomic E-state index is 11.0. The van der Waals surface area contributed by atoms with Crippen LogP contribution in [0.1, 0.15) is 25.7 Å². The molecule has 0 radical (unpaired) electrons. The lowest BCUT2D eigenvalue weighted by Gasteiger charge is -2.27. The van der Waals surface area contributed by atoms with Gasteiger partial charge < -0.3 is 15.2 Å². The van der Waals surface area contributed by atoms with Crippen LogP contribution in [0.25, 0.3) is 0 Å². The molecule has 1 aliphatic carbocycles. The average Bonchev–Trinajstić information content (AvgIpc) is 2.43. The van der Waals surface area contributed by atoms with E-state index in [1.807, 2.05) is 24.3 Å². The van der Waals surface area contributed by atoms with Gasteiger partial charge in [0.05, 0.1) is 13.2 Å². The van der Waals surface area contributed by atoms with Crippen LogP contribution < -0.4 is 10.6 Å². The van der Waals surface area contributed by atoms with E-state index in [4.69, 9.17) is 0 Å². The van der Waals surface area contributed by atoms with E-state index in [-0.39, 0.29) is 6.10 Å². The van der Waals surface area contributed by atoms with E-state index in [0.717, 1.165) is 31.4 Å². The summed E-state index contributed by atoms with van der Waals surface area (Å²) in [4.78, 5) is 11.0. The van der Waals surface area contributed by atoms with Crippen molar-refractivity contribution in [3.63, 3.8) is 0 Å². The number of methoxy groups -OCH3 is 1. The molecule has 5 nitrogen and oxygen atoms in total. The zero-order valence-corrected chi connectivity index (χ0v) is 11.1. The van der Waals surface area contributed by atoms with Crippen molar-refractivity contribution in [1.29, 1.82) is 0 Å². The van der Waals surface area contributed by atoms with Crippen LogP contribution in [0.2, 0.25) is 0 Å². The van der Waals surface area contributed by atoms with E-state index in [2.05, 4.69) is 15.4 Å². The van der Waals surface area contributed by atoms with Gasteiger partial charge in [-0.1, -0.05) is 0 Å². The Morgan fingerprint density at radius 1 is 1.16 bits per heavy atom. The van der Waals surface area contributed by atoms with Crippen molar-refractivity contribution in [2.75, 3.05) is 17.7 Å². The number of rotatable bonds is 3. The van der Waals surface area contributed by atoms with Crippen molar-refractivity contribution in [3.05, 3.63) is 24.3 Å². The normalized spacial score (nSPS) is 22.6. The molecule has 0 saturated heterocycles. The van der Waals surface area contributed by atoms with Crippen molar-refractivity contribution in [2.24, 2.45) is 0 Å². The lowest BCUT2D eigenvalue weighted by Crippen LogP contribution is -2.28. The quantitative estimate of drug-likeness (QED) is 0.784. The molecule has 1 amide bonds. The van der Waals surface area contributed by atoms with Gasteiger partial charge in [0, 0.05) is 17.4 Å². The second-order valence-corrected chi connectivity index (χ2v) is 4.84. The molecule has 1 aromatic rings. The summed E-state index contributed by atoms with van der Waals surface area (Å²) < 4.78 is 4.53. The van der Waals surface area contributed by atoms with Gasteiger partial charge in [-0.25, -0.2) is 4.79 Å². The third-order valence-corrected chi connectivity index (χ3v) is 3.38. The first kappa shape index (κ1) is 13.7. The predicted octanol–water partition coefficient (Wildman–Crippen LogP) is 2.58. The van der Waals surface area contributed by atoms with Gasteiger partial charge >= 0.3 is 6.09 Å². The Bertz CT molecular complexity index is 411. The van der Waals surface area contributed by atoms with Crippen molar-refractivity contribution in [3.8, 4) is 0 Å². The summed E-state index contributed by atoms with van der Waals surface area (Å²) in [5, 5.41) is 15.5. The second-order valence-electron chi connectivity index (χ2n) is 4.84. The van der Waals surface area contributed by atoms with Crippen molar-refractivity contribution in [1.82, 2.24) is 0 Å². The SMILES string of the molecule is COC(=O)Nc1ccc(NC2CCC(O)CC2)cc1. The number of anilines is 2. The Balaban J connectivity index is 1.86. The fraction of sp³-hybridized carbons (Fsp3) is 0.500. The van der Waals surface area contributed by atoms with Crippen LogP contribution in [0, 0.1) is 0 Å². The zero-order valence-electron chi connectivity index (χ0n) is 11.1. The number of benzene rings is 1. The predicted molar refractivity (Wildman–Crippen MR) is 74.4 cm³/mol. The van der Waals surface area contributed by atoms with Crippen LogP contribution >= 0.6 is 0 Å². The van der Waals surface area contributed by atoms with Gasteiger partial charge in [-0.05, 0) is 49.9 Å². The first-order valence-corrected chi connectivity index (χ1v) is 6.57. The van der Waals surface area contributed by atoms with Crippen LogP contribution in [-0.4, -0.2) is 30.5 Å². The molecule has 1 fully saturated rings. The molecule has 1 saturated carbocycles. The molecule has 0 aromatic heterocycles. The summed E-state index contributed by atoms with van der Waals surface area (Å²) >= 11 is 0. The summed E-state index contributed by atoms with van der Waals surface area (Å²) in [6, 6.07) is 7.93. The summed E-state index contributed by atoms with van der Waals surface area (Å²) in [6.07, 6.45) is 3.10. The number of carbonyl (C=O) groups excluding carboxylic acids is 1. The molecule has 104 valence electrons. The molecule has 1 aromatic carbocycles. The maximum Gasteiger partial charge on any atom is 0.411 e. The highest BCUT2D eigenvalue weighted by Crippen LogP contribution is 2.23. The lowest BCUT2D eigenvalue weighted by atomic mass is 9.93. The van der Waals surface area contributed by atoms with Crippen LogP contribution in [0.3, 0.4) is 0 Å². The molecule has 3 N–H and O–H groups in total. The third-order valence-electron chi connectivity index (χ3n) is 3.38. The van der Waals surface area contributed by atoms with Gasteiger partial charge in [0.1, 0.15) is 0 Å². The monoisotopic (exact) mass is 264 g/mol. The van der Waals surface area contributed by atoms with Gasteiger partial charge in [0.15, 0.2) is 0 Å². The molecule has 0 heterocycles. The van der Waals surface area contributed by atoms with Crippen LogP contribution in [0.4, 0.5) is 16.2 Å². The minimum Gasteiger partial charge on any atom is -0.453 e. The highest BCUT2D eigenvalue weighted by atomic mass is 16.5. The Morgan fingerprint density at radius 3 is 2.32 bits per heavy atom. The molecule has 5 heteroatoms. The largest absolute Gasteiger partial charge is 0.453 e. The molecule has 2 rings (SSSR count). The number of nitrogens with one attached hydrogen (secondary N) is 2. The minimum absolute atomic E-state index is 0.135. The molecule has 0 aliphatic heterocycles. The fourth-order valence-corrected chi connectivity index (χ4v) is 2.27. The number of aliphatic hydroxyl groups is 1. The highest BCUT2D eigenvalue weighted by Gasteiger charge is 2.18. The Hall–Kier alpha value is -1.75. The first-order valence-electron chi connectivity index (χ1n) is 6.57. The number of ether oxygens (including phenoxy) is 1. The number of amides is 1. The van der Waals surface area contributed by atoms with E-state index in [1.54, 1.807) is 0 Å². The van der Waals surface area contributed by atoms with Gasteiger partial charge in [0.25, 0.3) is 0 Å². The maximum atomic E-state index is 11.0. The molecule has 0 spiro atoms. The third kappa shape index (κ3) is 4.13. The van der Waals surface area contributed by atoms with E-state index in [0.29, 0.717) is 11.7 Å². The van der Waals surface area contributed by atoms with Gasteiger partial charge in [-0.15, -0.1) is 0 Å². The van der Waals surface area contributed by atoms with E-state index >= 15 is 0 Å². The highest BCUT2D eigenvalue weighted by molar-refractivity contribution is 5.84. The topological polar surface area (TPSA) is 70.6 Å². The Kier molecular flexibility index (Phi) is 4.63. The molecule has 0 unspecified atom stereocenters. The van der Waals surface area contributed by atoms with Crippen LogP contribution in [0.5, 0.6) is 0 Å². The smallest absolute Gasteiger partial charge is 0.411 e. The first-order chi connectivity index (χ1) is 9.17. The summed E-state index contributed by atoms with van der Waals surface area (Å²) in [7, 11) is 1.34. The molecular formula is C14H20N2O3. The fourth-order valence-electron chi connectivity index (χ4n) is 2.27.